The van der Waals surface area contributed by atoms with Crippen LogP contribution in [0.2, 0.25) is 0 Å². The molecule has 0 aliphatic carbocycles. The standard InChI is InChI=1S/C13H19BrO2/c1-12(2)6-3-4-7-13(8-9-14)15-10-5-11-16-13/h1,3-7,10-11H2,2H3. The van der Waals surface area contributed by atoms with Gasteiger partial charge in [0, 0.05) is 22.4 Å². The molecule has 1 saturated heterocycles. The number of unbranched alkanes of at least 4 members (excludes halogenated alkanes) is 1. The van der Waals surface area contributed by atoms with Crippen molar-refractivity contribution in [2.24, 2.45) is 0 Å². The lowest BCUT2D eigenvalue weighted by atomic mass is 10.0. The number of ether oxygens (including phenoxy) is 2. The van der Waals surface area contributed by atoms with E-state index in [2.05, 4.69) is 40.2 Å². The molecule has 0 N–H and O–H groups in total. The molecule has 0 bridgehead atoms. The zero-order chi connectivity index (χ0) is 11.9. The fraction of sp³-hybridized carbons (Fsp3) is 0.692. The zero-order valence-corrected chi connectivity index (χ0v) is 11.4. The maximum atomic E-state index is 5.66. The third kappa shape index (κ3) is 4.69. The van der Waals surface area contributed by atoms with Crippen molar-refractivity contribution in [3.8, 4) is 10.8 Å². The summed E-state index contributed by atoms with van der Waals surface area (Å²) in [6.45, 7) is 7.43. The minimum atomic E-state index is -0.670. The summed E-state index contributed by atoms with van der Waals surface area (Å²) in [6, 6.07) is 0. The molecule has 1 rings (SSSR count). The topological polar surface area (TPSA) is 18.5 Å². The van der Waals surface area contributed by atoms with Crippen molar-refractivity contribution in [2.75, 3.05) is 13.2 Å². The number of rotatable bonds is 5. The Morgan fingerprint density at radius 2 is 2.06 bits per heavy atom. The largest absolute Gasteiger partial charge is 0.340 e. The van der Waals surface area contributed by atoms with E-state index >= 15 is 0 Å². The highest BCUT2D eigenvalue weighted by molar-refractivity contribution is 9.12. The predicted octanol–water partition coefficient (Wildman–Crippen LogP) is 3.61. The third-order valence-electron chi connectivity index (χ3n) is 2.56. The van der Waals surface area contributed by atoms with Crippen molar-refractivity contribution >= 4 is 15.9 Å². The molecule has 0 atom stereocenters. The lowest BCUT2D eigenvalue weighted by Crippen LogP contribution is -2.39. The van der Waals surface area contributed by atoms with Gasteiger partial charge < -0.3 is 9.47 Å². The van der Waals surface area contributed by atoms with E-state index < -0.39 is 5.79 Å². The van der Waals surface area contributed by atoms with Crippen molar-refractivity contribution in [1.82, 2.24) is 0 Å². The number of hydrogen-bond acceptors (Lipinski definition) is 2. The first-order valence-electron chi connectivity index (χ1n) is 5.74. The molecule has 0 spiro atoms. The fourth-order valence-corrected chi connectivity index (χ4v) is 2.01. The van der Waals surface area contributed by atoms with Crippen LogP contribution in [0.3, 0.4) is 0 Å². The molecule has 0 amide bonds. The molecule has 90 valence electrons. The van der Waals surface area contributed by atoms with E-state index in [9.17, 15) is 0 Å². The summed E-state index contributed by atoms with van der Waals surface area (Å²) in [5, 5.41) is 0. The second-order valence-electron chi connectivity index (χ2n) is 4.19. The van der Waals surface area contributed by atoms with Crippen LogP contribution in [-0.4, -0.2) is 19.0 Å². The molecule has 0 aromatic heterocycles. The molecule has 0 aromatic rings. The highest BCUT2D eigenvalue weighted by Crippen LogP contribution is 2.25. The normalized spacial score (nSPS) is 18.6. The second-order valence-corrected chi connectivity index (χ2v) is 4.58. The molecule has 1 aliphatic rings. The van der Waals surface area contributed by atoms with Crippen molar-refractivity contribution in [3.05, 3.63) is 12.2 Å². The highest BCUT2D eigenvalue weighted by atomic mass is 79.9. The van der Waals surface area contributed by atoms with Gasteiger partial charge >= 0.3 is 0 Å². The Labute approximate surface area is 107 Å². The fourth-order valence-electron chi connectivity index (χ4n) is 1.71. The lowest BCUT2D eigenvalue weighted by molar-refractivity contribution is -0.233. The molecule has 2 nitrogen and oxygen atoms in total. The van der Waals surface area contributed by atoms with Crippen LogP contribution < -0.4 is 0 Å². The zero-order valence-electron chi connectivity index (χ0n) is 9.85. The molecule has 1 fully saturated rings. The minimum absolute atomic E-state index is 0.670. The van der Waals surface area contributed by atoms with Crippen LogP contribution in [0.5, 0.6) is 0 Å². The van der Waals surface area contributed by atoms with E-state index in [4.69, 9.17) is 9.47 Å². The van der Waals surface area contributed by atoms with Crippen LogP contribution in [0.25, 0.3) is 0 Å². The first-order chi connectivity index (χ1) is 7.68. The molecule has 16 heavy (non-hydrogen) atoms. The van der Waals surface area contributed by atoms with Crippen LogP contribution in [0.4, 0.5) is 0 Å². The summed E-state index contributed by atoms with van der Waals surface area (Å²) >= 11 is 3.12. The average Bonchev–Trinajstić information content (AvgIpc) is 2.26. The number of hydrogen-bond donors (Lipinski definition) is 0. The molecular weight excluding hydrogens is 268 g/mol. The van der Waals surface area contributed by atoms with Gasteiger partial charge in [-0.15, -0.1) is 6.58 Å². The predicted molar refractivity (Wildman–Crippen MR) is 69.2 cm³/mol. The molecular formula is C13H19BrO2. The quantitative estimate of drug-likeness (QED) is 0.437. The Kier molecular flexibility index (Phi) is 6.12. The van der Waals surface area contributed by atoms with E-state index in [1.54, 1.807) is 0 Å². The van der Waals surface area contributed by atoms with Crippen LogP contribution in [-0.2, 0) is 9.47 Å². The molecule has 0 aromatic carbocycles. The summed E-state index contributed by atoms with van der Waals surface area (Å²) in [4.78, 5) is 2.72. The molecule has 1 aliphatic heterocycles. The second kappa shape index (κ2) is 7.11. The first kappa shape index (κ1) is 13.8. The Morgan fingerprint density at radius 1 is 1.38 bits per heavy atom. The van der Waals surface area contributed by atoms with Gasteiger partial charge in [-0.3, -0.25) is 0 Å². The van der Waals surface area contributed by atoms with E-state index in [1.165, 1.54) is 5.57 Å². The van der Waals surface area contributed by atoms with E-state index in [0.29, 0.717) is 0 Å². The van der Waals surface area contributed by atoms with Gasteiger partial charge in [-0.25, -0.2) is 0 Å². The summed E-state index contributed by atoms with van der Waals surface area (Å²) in [7, 11) is 0. The highest BCUT2D eigenvalue weighted by Gasteiger charge is 2.32. The maximum absolute atomic E-state index is 5.66. The van der Waals surface area contributed by atoms with Gasteiger partial charge in [0.2, 0.25) is 5.79 Å². The van der Waals surface area contributed by atoms with Crippen LogP contribution in [0.15, 0.2) is 12.2 Å². The van der Waals surface area contributed by atoms with Gasteiger partial charge in [0.1, 0.15) is 0 Å². The smallest absolute Gasteiger partial charge is 0.234 e. The van der Waals surface area contributed by atoms with Crippen LogP contribution in [0.1, 0.15) is 39.0 Å². The lowest BCUT2D eigenvalue weighted by Gasteiger charge is -2.32. The van der Waals surface area contributed by atoms with Gasteiger partial charge in [0.25, 0.3) is 0 Å². The average molecular weight is 287 g/mol. The summed E-state index contributed by atoms with van der Waals surface area (Å²) < 4.78 is 11.3. The Balaban J connectivity index is 2.37. The van der Waals surface area contributed by atoms with Crippen molar-refractivity contribution < 1.29 is 9.47 Å². The van der Waals surface area contributed by atoms with Gasteiger partial charge in [-0.1, -0.05) is 5.57 Å². The van der Waals surface area contributed by atoms with Gasteiger partial charge in [-0.05, 0) is 43.4 Å². The van der Waals surface area contributed by atoms with Gasteiger partial charge in [-0.2, -0.15) is 0 Å². The molecule has 0 saturated carbocycles. The summed E-state index contributed by atoms with van der Waals surface area (Å²) in [5.41, 5.74) is 1.23. The van der Waals surface area contributed by atoms with Crippen molar-refractivity contribution in [2.45, 2.75) is 44.8 Å². The first-order valence-corrected chi connectivity index (χ1v) is 6.53. The van der Waals surface area contributed by atoms with E-state index in [1.807, 2.05) is 0 Å². The number of halogens is 1. The van der Waals surface area contributed by atoms with Crippen molar-refractivity contribution in [3.63, 3.8) is 0 Å². The third-order valence-corrected chi connectivity index (χ3v) is 2.75. The van der Waals surface area contributed by atoms with Gasteiger partial charge in [0.05, 0.1) is 13.2 Å². The van der Waals surface area contributed by atoms with E-state index in [-0.39, 0.29) is 0 Å². The Hall–Kier alpha value is -0.300. The van der Waals surface area contributed by atoms with Crippen LogP contribution >= 0.6 is 15.9 Å². The monoisotopic (exact) mass is 286 g/mol. The number of allylic oxidation sites excluding steroid dienone is 1. The minimum Gasteiger partial charge on any atom is -0.340 e. The molecule has 3 heteroatoms. The molecule has 1 heterocycles. The maximum Gasteiger partial charge on any atom is 0.234 e. The summed E-state index contributed by atoms with van der Waals surface area (Å²) in [6.07, 6.45) is 5.02. The van der Waals surface area contributed by atoms with Crippen LogP contribution in [0, 0.1) is 10.8 Å². The Bertz CT molecular complexity index is 282. The van der Waals surface area contributed by atoms with Gasteiger partial charge in [0.15, 0.2) is 0 Å². The Morgan fingerprint density at radius 3 is 2.62 bits per heavy atom. The SMILES string of the molecule is C=C(C)CCCCC1(C#CBr)OCCCO1. The van der Waals surface area contributed by atoms with E-state index in [0.717, 1.165) is 45.3 Å². The molecule has 0 radical (unpaired) electrons. The van der Waals surface area contributed by atoms with Crippen molar-refractivity contribution in [1.29, 1.82) is 0 Å². The summed E-state index contributed by atoms with van der Waals surface area (Å²) in [5.74, 6) is 2.32. The molecule has 0 unspecified atom stereocenters.